The topological polar surface area (TPSA) is 61.7 Å². The Morgan fingerprint density at radius 3 is 2.94 bits per heavy atom. The van der Waals surface area contributed by atoms with Crippen LogP contribution in [0.3, 0.4) is 0 Å². The molecule has 3 N–H and O–H groups in total. The average Bonchev–Trinajstić information content (AvgIpc) is 2.29. The molecule has 0 radical (unpaired) electrons. The Hall–Kier alpha value is -1.26. The van der Waals surface area contributed by atoms with Crippen LogP contribution in [0.5, 0.6) is 11.5 Å². The largest absolute Gasteiger partial charge is 0.508 e. The summed E-state index contributed by atoms with van der Waals surface area (Å²) in [4.78, 5) is 0. The molecule has 88 valence electrons. The number of nitrogens with one attached hydrogen (secondary N) is 1. The highest BCUT2D eigenvalue weighted by atomic mass is 16.5. The van der Waals surface area contributed by atoms with Crippen molar-refractivity contribution in [3.63, 3.8) is 0 Å². The molecule has 0 aromatic heterocycles. The molecule has 2 rings (SSSR count). The Kier molecular flexibility index (Phi) is 3.64. The standard InChI is InChI=1S/C12H17NO3/c14-11-4-3-9(12(15)6-11)7-13-10-2-1-5-16-8-10/h3-4,6,10,13-15H,1-2,5,7-8H2. The molecule has 4 heteroatoms. The van der Waals surface area contributed by atoms with E-state index in [1.807, 2.05) is 0 Å². The zero-order valence-electron chi connectivity index (χ0n) is 9.15. The van der Waals surface area contributed by atoms with Crippen molar-refractivity contribution >= 4 is 0 Å². The van der Waals surface area contributed by atoms with E-state index in [-0.39, 0.29) is 11.5 Å². The van der Waals surface area contributed by atoms with E-state index in [0.717, 1.165) is 31.6 Å². The number of phenolic OH excluding ortho intramolecular Hbond substituents is 2. The lowest BCUT2D eigenvalue weighted by Gasteiger charge is -2.23. The van der Waals surface area contributed by atoms with Gasteiger partial charge in [-0.15, -0.1) is 0 Å². The summed E-state index contributed by atoms with van der Waals surface area (Å²) in [6.07, 6.45) is 2.19. The van der Waals surface area contributed by atoms with Gasteiger partial charge in [-0.25, -0.2) is 0 Å². The number of ether oxygens (including phenoxy) is 1. The Labute approximate surface area is 94.9 Å². The third-order valence-corrected chi connectivity index (χ3v) is 2.81. The second-order valence-electron chi connectivity index (χ2n) is 4.11. The minimum atomic E-state index is 0.0854. The van der Waals surface area contributed by atoms with Crippen molar-refractivity contribution in [2.24, 2.45) is 0 Å². The molecule has 0 spiro atoms. The van der Waals surface area contributed by atoms with E-state index in [4.69, 9.17) is 9.84 Å². The molecule has 1 atom stereocenters. The van der Waals surface area contributed by atoms with Gasteiger partial charge in [0.05, 0.1) is 6.61 Å². The average molecular weight is 223 g/mol. The van der Waals surface area contributed by atoms with Crippen LogP contribution in [0.25, 0.3) is 0 Å². The first-order valence-corrected chi connectivity index (χ1v) is 5.57. The quantitative estimate of drug-likeness (QED) is 0.724. The third-order valence-electron chi connectivity index (χ3n) is 2.81. The molecule has 0 bridgehead atoms. The molecule has 1 aliphatic heterocycles. The second-order valence-corrected chi connectivity index (χ2v) is 4.11. The number of hydrogen-bond donors (Lipinski definition) is 3. The van der Waals surface area contributed by atoms with Crippen LogP contribution in [0, 0.1) is 0 Å². The van der Waals surface area contributed by atoms with Gasteiger partial charge < -0.3 is 20.3 Å². The van der Waals surface area contributed by atoms with E-state index in [1.165, 1.54) is 6.07 Å². The van der Waals surface area contributed by atoms with Crippen molar-refractivity contribution in [3.8, 4) is 11.5 Å². The normalized spacial score (nSPS) is 20.9. The minimum Gasteiger partial charge on any atom is -0.508 e. The molecule has 1 aliphatic rings. The van der Waals surface area contributed by atoms with Gasteiger partial charge in [0.25, 0.3) is 0 Å². The molecule has 16 heavy (non-hydrogen) atoms. The van der Waals surface area contributed by atoms with E-state index in [1.54, 1.807) is 12.1 Å². The van der Waals surface area contributed by atoms with Crippen LogP contribution in [0.4, 0.5) is 0 Å². The summed E-state index contributed by atoms with van der Waals surface area (Å²) in [7, 11) is 0. The molecule has 0 saturated carbocycles. The Morgan fingerprint density at radius 1 is 1.38 bits per heavy atom. The molecule has 1 fully saturated rings. The van der Waals surface area contributed by atoms with Crippen LogP contribution >= 0.6 is 0 Å². The van der Waals surface area contributed by atoms with Gasteiger partial charge in [-0.05, 0) is 18.9 Å². The summed E-state index contributed by atoms with van der Waals surface area (Å²) in [5.41, 5.74) is 0.795. The number of phenols is 2. The molecule has 1 aromatic rings. The molecule has 0 amide bonds. The first-order chi connectivity index (χ1) is 7.75. The molecule has 1 saturated heterocycles. The highest BCUT2D eigenvalue weighted by Gasteiger charge is 2.13. The van der Waals surface area contributed by atoms with Crippen molar-refractivity contribution in [3.05, 3.63) is 23.8 Å². The van der Waals surface area contributed by atoms with Gasteiger partial charge in [0.2, 0.25) is 0 Å². The van der Waals surface area contributed by atoms with Gasteiger partial charge in [0, 0.05) is 30.8 Å². The maximum absolute atomic E-state index is 9.59. The summed E-state index contributed by atoms with van der Waals surface area (Å²) < 4.78 is 5.35. The van der Waals surface area contributed by atoms with Crippen LogP contribution in [0.1, 0.15) is 18.4 Å². The van der Waals surface area contributed by atoms with Crippen molar-refractivity contribution in [2.75, 3.05) is 13.2 Å². The fourth-order valence-electron chi connectivity index (χ4n) is 1.86. The molecule has 1 aromatic carbocycles. The zero-order valence-corrected chi connectivity index (χ0v) is 9.15. The lowest BCUT2D eigenvalue weighted by molar-refractivity contribution is 0.0699. The fourth-order valence-corrected chi connectivity index (χ4v) is 1.86. The fraction of sp³-hybridized carbons (Fsp3) is 0.500. The van der Waals surface area contributed by atoms with Gasteiger partial charge in [0.15, 0.2) is 0 Å². The predicted octanol–water partition coefficient (Wildman–Crippen LogP) is 1.37. The first-order valence-electron chi connectivity index (χ1n) is 5.57. The minimum absolute atomic E-state index is 0.0854. The van der Waals surface area contributed by atoms with Crippen LogP contribution in [-0.4, -0.2) is 29.5 Å². The molecule has 0 aliphatic carbocycles. The maximum atomic E-state index is 9.59. The van der Waals surface area contributed by atoms with Crippen molar-refractivity contribution in [2.45, 2.75) is 25.4 Å². The third kappa shape index (κ3) is 2.87. The lowest BCUT2D eigenvalue weighted by atomic mass is 10.1. The van der Waals surface area contributed by atoms with E-state index in [2.05, 4.69) is 5.32 Å². The number of benzene rings is 1. The van der Waals surface area contributed by atoms with Gasteiger partial charge in [-0.1, -0.05) is 6.07 Å². The number of aromatic hydroxyl groups is 2. The van der Waals surface area contributed by atoms with Gasteiger partial charge in [-0.3, -0.25) is 0 Å². The predicted molar refractivity (Wildman–Crippen MR) is 60.5 cm³/mol. The summed E-state index contributed by atoms with van der Waals surface area (Å²) >= 11 is 0. The second kappa shape index (κ2) is 5.18. The van der Waals surface area contributed by atoms with Gasteiger partial charge in [-0.2, -0.15) is 0 Å². The SMILES string of the molecule is Oc1ccc(CNC2CCCOC2)c(O)c1. The maximum Gasteiger partial charge on any atom is 0.123 e. The Bertz CT molecular complexity index is 348. The Morgan fingerprint density at radius 2 is 2.25 bits per heavy atom. The summed E-state index contributed by atoms with van der Waals surface area (Å²) in [5.74, 6) is 0.214. The molecule has 1 unspecified atom stereocenters. The summed E-state index contributed by atoms with van der Waals surface area (Å²) in [5, 5.41) is 22.1. The van der Waals surface area contributed by atoms with E-state index >= 15 is 0 Å². The smallest absolute Gasteiger partial charge is 0.123 e. The monoisotopic (exact) mass is 223 g/mol. The van der Waals surface area contributed by atoms with E-state index in [9.17, 15) is 5.11 Å². The van der Waals surface area contributed by atoms with E-state index < -0.39 is 0 Å². The van der Waals surface area contributed by atoms with E-state index in [0.29, 0.717) is 12.6 Å². The van der Waals surface area contributed by atoms with Gasteiger partial charge in [0.1, 0.15) is 11.5 Å². The van der Waals surface area contributed by atoms with Gasteiger partial charge >= 0.3 is 0 Å². The molecular formula is C12H17NO3. The Balaban J connectivity index is 1.88. The highest BCUT2D eigenvalue weighted by Crippen LogP contribution is 2.22. The summed E-state index contributed by atoms with van der Waals surface area (Å²) in [6.45, 7) is 2.18. The van der Waals surface area contributed by atoms with Crippen molar-refractivity contribution in [1.29, 1.82) is 0 Å². The molecule has 1 heterocycles. The van der Waals surface area contributed by atoms with Crippen LogP contribution in [0.15, 0.2) is 18.2 Å². The lowest BCUT2D eigenvalue weighted by Crippen LogP contribution is -2.36. The van der Waals surface area contributed by atoms with Crippen molar-refractivity contribution in [1.82, 2.24) is 5.32 Å². The van der Waals surface area contributed by atoms with Crippen LogP contribution in [-0.2, 0) is 11.3 Å². The summed E-state index contributed by atoms with van der Waals surface area (Å²) in [6, 6.07) is 5.02. The molecule has 4 nitrogen and oxygen atoms in total. The number of hydrogen-bond acceptors (Lipinski definition) is 4. The highest BCUT2D eigenvalue weighted by molar-refractivity contribution is 5.38. The van der Waals surface area contributed by atoms with Crippen molar-refractivity contribution < 1.29 is 14.9 Å². The first kappa shape index (κ1) is 11.2. The van der Waals surface area contributed by atoms with Crippen LogP contribution in [0.2, 0.25) is 0 Å². The molecular weight excluding hydrogens is 206 g/mol. The van der Waals surface area contributed by atoms with Crippen LogP contribution < -0.4 is 5.32 Å². The zero-order chi connectivity index (χ0) is 11.4. The number of rotatable bonds is 3.